The molecule has 2 aromatic carbocycles. The highest BCUT2D eigenvalue weighted by molar-refractivity contribution is 7.89. The predicted molar refractivity (Wildman–Crippen MR) is 130 cm³/mol. The van der Waals surface area contributed by atoms with Crippen LogP contribution < -0.4 is 4.90 Å². The van der Waals surface area contributed by atoms with Gasteiger partial charge in [0.2, 0.25) is 15.8 Å². The van der Waals surface area contributed by atoms with Crippen molar-refractivity contribution in [3.8, 4) is 0 Å². The Morgan fingerprint density at radius 3 is 2.41 bits per heavy atom. The molecule has 5 rings (SSSR count). The lowest BCUT2D eigenvalue weighted by atomic mass is 9.90. The number of piperidine rings is 1. The molecule has 0 radical (unpaired) electrons. The number of ketones is 1. The van der Waals surface area contributed by atoms with Crippen LogP contribution >= 0.6 is 0 Å². The van der Waals surface area contributed by atoms with Gasteiger partial charge >= 0.3 is 0 Å². The lowest BCUT2D eigenvalue weighted by Crippen LogP contribution is -2.43. The fourth-order valence-corrected chi connectivity index (χ4v) is 7.01. The fraction of sp³-hybridized carbons (Fsp3) is 0.462. The zero-order chi connectivity index (χ0) is 24.0. The summed E-state index contributed by atoms with van der Waals surface area (Å²) in [6, 6.07) is 13.4. The Kier molecular flexibility index (Phi) is 6.08. The highest BCUT2D eigenvalue weighted by Gasteiger charge is 2.37. The number of anilines is 1. The first-order valence-corrected chi connectivity index (χ1v) is 13.4. The highest BCUT2D eigenvalue weighted by Crippen LogP contribution is 2.36. The maximum atomic E-state index is 13.4. The second kappa shape index (κ2) is 8.91. The van der Waals surface area contributed by atoms with E-state index in [2.05, 4.69) is 29.2 Å². The van der Waals surface area contributed by atoms with E-state index < -0.39 is 27.6 Å². The monoisotopic (exact) mass is 481 g/mol. The van der Waals surface area contributed by atoms with Gasteiger partial charge in [-0.1, -0.05) is 31.2 Å². The topological polar surface area (TPSA) is 78.0 Å². The second-order valence-corrected chi connectivity index (χ2v) is 11.7. The summed E-state index contributed by atoms with van der Waals surface area (Å²) in [7, 11) is -2.11. The van der Waals surface area contributed by atoms with Gasteiger partial charge in [-0.25, -0.2) is 8.42 Å². The molecule has 0 bridgehead atoms. The number of hydrogen-bond donors (Lipinski definition) is 0. The normalized spacial score (nSPS) is 22.5. The van der Waals surface area contributed by atoms with Crippen LogP contribution in [0, 0.1) is 5.92 Å². The van der Waals surface area contributed by atoms with E-state index in [0.29, 0.717) is 30.3 Å². The van der Waals surface area contributed by atoms with Crippen molar-refractivity contribution in [1.29, 1.82) is 0 Å². The van der Waals surface area contributed by atoms with Crippen molar-refractivity contribution >= 4 is 27.4 Å². The summed E-state index contributed by atoms with van der Waals surface area (Å²) in [4.78, 5) is 28.4. The average Bonchev–Trinajstić information content (AvgIpc) is 2.86. The summed E-state index contributed by atoms with van der Waals surface area (Å²) in [5, 5.41) is 0. The van der Waals surface area contributed by atoms with Crippen molar-refractivity contribution in [3.05, 3.63) is 59.2 Å². The number of nitrogens with zero attached hydrogens (tertiary/aromatic N) is 3. The number of sulfonamides is 1. The third-order valence-electron chi connectivity index (χ3n) is 7.67. The van der Waals surface area contributed by atoms with Crippen LogP contribution in [0.25, 0.3) is 0 Å². The number of carbonyl (C=O) groups excluding carboxylic acids is 2. The largest absolute Gasteiger partial charge is 0.309 e. The van der Waals surface area contributed by atoms with Crippen LogP contribution in [0.2, 0.25) is 0 Å². The van der Waals surface area contributed by atoms with E-state index in [-0.39, 0.29) is 4.90 Å². The number of likely N-dealkylation sites (N-methyl/N-ethyl adjacent to an activating group) is 1. The summed E-state index contributed by atoms with van der Waals surface area (Å²) in [5.41, 5.74) is 4.03. The number of benzene rings is 2. The second-order valence-electron chi connectivity index (χ2n) is 9.77. The molecule has 34 heavy (non-hydrogen) atoms. The van der Waals surface area contributed by atoms with Gasteiger partial charge in [0.1, 0.15) is 0 Å². The Bertz CT molecular complexity index is 1230. The van der Waals surface area contributed by atoms with E-state index in [0.717, 1.165) is 38.9 Å². The van der Waals surface area contributed by atoms with Crippen LogP contribution in [0.15, 0.2) is 47.4 Å². The molecule has 0 N–H and O–H groups in total. The molecule has 3 aliphatic heterocycles. The van der Waals surface area contributed by atoms with Gasteiger partial charge in [0.25, 0.3) is 5.91 Å². The van der Waals surface area contributed by atoms with Gasteiger partial charge in [-0.2, -0.15) is 4.31 Å². The molecule has 0 spiro atoms. The van der Waals surface area contributed by atoms with Gasteiger partial charge < -0.3 is 4.90 Å². The molecular formula is C26H31N3O4S. The molecule has 2 aromatic rings. The molecule has 1 atom stereocenters. The molecule has 3 aliphatic rings. The van der Waals surface area contributed by atoms with Gasteiger partial charge in [0.05, 0.1) is 10.8 Å². The predicted octanol–water partition coefficient (Wildman–Crippen LogP) is 2.79. The van der Waals surface area contributed by atoms with Crippen LogP contribution in [0.3, 0.4) is 0 Å². The van der Waals surface area contributed by atoms with E-state index in [1.54, 1.807) is 36.5 Å². The van der Waals surface area contributed by atoms with Crippen LogP contribution in [-0.2, 0) is 32.6 Å². The summed E-state index contributed by atoms with van der Waals surface area (Å²) in [6.07, 6.45) is 2.76. The number of hydrogen-bond acceptors (Lipinski definition) is 5. The van der Waals surface area contributed by atoms with Gasteiger partial charge in [-0.05, 0) is 60.1 Å². The Balaban J connectivity index is 1.25. The van der Waals surface area contributed by atoms with Gasteiger partial charge in [-0.15, -0.1) is 0 Å². The fourth-order valence-electron chi connectivity index (χ4n) is 5.50. The number of rotatable bonds is 4. The summed E-state index contributed by atoms with van der Waals surface area (Å²) < 4.78 is 28.4. The van der Waals surface area contributed by atoms with Gasteiger partial charge in [-0.3, -0.25) is 14.5 Å². The summed E-state index contributed by atoms with van der Waals surface area (Å²) in [6.45, 7) is 5.69. The van der Waals surface area contributed by atoms with Crippen LogP contribution in [0.5, 0.6) is 0 Å². The zero-order valence-corrected chi connectivity index (χ0v) is 20.6. The minimum atomic E-state index is -3.66. The summed E-state index contributed by atoms with van der Waals surface area (Å²) in [5.74, 6) is -1.23. The zero-order valence-electron chi connectivity index (χ0n) is 19.7. The lowest BCUT2D eigenvalue weighted by molar-refractivity contribution is -0.137. The van der Waals surface area contributed by atoms with Gasteiger partial charge in [0.15, 0.2) is 0 Å². The smallest absolute Gasteiger partial charge is 0.294 e. The molecule has 0 aromatic heterocycles. The first-order valence-electron chi connectivity index (χ1n) is 12.0. The van der Waals surface area contributed by atoms with Crippen LogP contribution in [0.1, 0.15) is 42.4 Å². The minimum absolute atomic E-state index is 0.194. The Morgan fingerprint density at radius 1 is 0.971 bits per heavy atom. The molecule has 7 nitrogen and oxygen atoms in total. The third-order valence-corrected chi connectivity index (χ3v) is 9.57. The maximum absolute atomic E-state index is 13.4. The summed E-state index contributed by atoms with van der Waals surface area (Å²) >= 11 is 0. The Labute approximate surface area is 201 Å². The molecule has 0 aliphatic carbocycles. The quantitative estimate of drug-likeness (QED) is 0.628. The Hall–Kier alpha value is -2.55. The first-order chi connectivity index (χ1) is 16.3. The lowest BCUT2D eigenvalue weighted by Gasteiger charge is -2.36. The van der Waals surface area contributed by atoms with E-state index in [1.807, 2.05) is 0 Å². The van der Waals surface area contributed by atoms with E-state index >= 15 is 0 Å². The molecule has 0 saturated carbocycles. The molecule has 1 fully saturated rings. The number of Topliss-reactive ketones (excluding diaryl/α,β-unsaturated/α-hetero) is 1. The van der Waals surface area contributed by atoms with E-state index in [9.17, 15) is 18.0 Å². The molecule has 3 heterocycles. The minimum Gasteiger partial charge on any atom is -0.309 e. The highest BCUT2D eigenvalue weighted by atomic mass is 32.2. The maximum Gasteiger partial charge on any atom is 0.294 e. The van der Waals surface area contributed by atoms with Crippen molar-refractivity contribution in [2.45, 2.75) is 43.5 Å². The van der Waals surface area contributed by atoms with Crippen molar-refractivity contribution < 1.29 is 18.0 Å². The number of fused-ring (bicyclic) bond motifs is 2. The molecule has 1 saturated heterocycles. The van der Waals surface area contributed by atoms with Crippen LogP contribution in [-0.4, -0.2) is 62.5 Å². The standard InChI is InChI=1S/C26H31N3O4S/c1-18-23-15-22(7-8-24(23)27(2)26(31)25(18)30)34(32,33)29-13-9-19(10-14-29)16-28-12-11-20-5-3-4-6-21(20)17-28/h3-8,15,18-19H,9-14,16-17H2,1-2H3. The van der Waals surface area contributed by atoms with Gasteiger partial charge in [0, 0.05) is 45.5 Å². The third kappa shape index (κ3) is 4.08. The molecule has 1 unspecified atom stereocenters. The first kappa shape index (κ1) is 23.2. The average molecular weight is 482 g/mol. The number of amides is 1. The molecule has 8 heteroatoms. The van der Waals surface area contributed by atoms with E-state index in [4.69, 9.17) is 0 Å². The van der Waals surface area contributed by atoms with Crippen molar-refractivity contribution in [1.82, 2.24) is 9.21 Å². The van der Waals surface area contributed by atoms with Crippen molar-refractivity contribution in [2.24, 2.45) is 5.92 Å². The number of carbonyl (C=O) groups is 2. The Morgan fingerprint density at radius 2 is 1.68 bits per heavy atom. The molecular weight excluding hydrogens is 450 g/mol. The van der Waals surface area contributed by atoms with E-state index in [1.165, 1.54) is 16.0 Å². The van der Waals surface area contributed by atoms with Crippen LogP contribution in [0.4, 0.5) is 5.69 Å². The molecule has 1 amide bonds. The van der Waals surface area contributed by atoms with Crippen molar-refractivity contribution in [2.75, 3.05) is 38.1 Å². The van der Waals surface area contributed by atoms with Crippen molar-refractivity contribution in [3.63, 3.8) is 0 Å². The molecule has 180 valence electrons. The SMILES string of the molecule is CC1C(=O)C(=O)N(C)c2ccc(S(=O)(=O)N3CCC(CN4CCc5ccccc5C4)CC3)cc21.